The Morgan fingerprint density at radius 2 is 2.50 bits per heavy atom. The molecule has 5 N–H and O–H groups in total. The maximum atomic E-state index is 10.1. The molecule has 3 unspecified atom stereocenters. The van der Waals surface area contributed by atoms with Gasteiger partial charge in [-0.2, -0.15) is 0 Å². The Morgan fingerprint density at radius 3 is 3.12 bits per heavy atom. The fraction of sp³-hybridized carbons (Fsp3) is 0.667. The summed E-state index contributed by atoms with van der Waals surface area (Å²) < 4.78 is 0. The Kier molecular flexibility index (Phi) is 3.63. The Hall–Kier alpha value is -0.840. The summed E-state index contributed by atoms with van der Waals surface area (Å²) in [6.07, 6.45) is 6.30. The normalized spacial score (nSPS) is 30.8. The molecule has 1 fully saturated rings. The molecule has 0 bridgehead atoms. The van der Waals surface area contributed by atoms with Crippen LogP contribution < -0.4 is 16.6 Å². The number of nitrogens with one attached hydrogen (secondary N) is 2. The van der Waals surface area contributed by atoms with Crippen molar-refractivity contribution in [2.45, 2.75) is 31.4 Å². The minimum Gasteiger partial charge on any atom is -0.391 e. The molecule has 0 aromatic heterocycles. The largest absolute Gasteiger partial charge is 0.391 e. The SMILES string of the molecule is C=CCCCC(N)C(O)C1C2=CNNC[C@H]21. The van der Waals surface area contributed by atoms with E-state index in [1.807, 2.05) is 12.3 Å². The number of aliphatic hydroxyl groups excluding tert-OH is 1. The first-order valence-corrected chi connectivity index (χ1v) is 5.98. The first-order valence-electron chi connectivity index (χ1n) is 5.98. The average Bonchev–Trinajstić information content (AvgIpc) is 3.02. The fourth-order valence-electron chi connectivity index (χ4n) is 2.48. The second kappa shape index (κ2) is 4.99. The monoisotopic (exact) mass is 223 g/mol. The van der Waals surface area contributed by atoms with Crippen molar-refractivity contribution in [3.63, 3.8) is 0 Å². The van der Waals surface area contributed by atoms with Crippen molar-refractivity contribution in [2.75, 3.05) is 6.54 Å². The predicted octanol–water partition coefficient (Wildman–Crippen LogP) is 0.269. The third-order valence-electron chi connectivity index (χ3n) is 3.55. The van der Waals surface area contributed by atoms with Gasteiger partial charge in [-0.15, -0.1) is 6.58 Å². The number of aliphatic hydroxyl groups is 1. The Morgan fingerprint density at radius 1 is 1.69 bits per heavy atom. The molecular formula is C12H21N3O. The maximum absolute atomic E-state index is 10.1. The number of unbranched alkanes of at least 4 members (excludes halogenated alkanes) is 1. The van der Waals surface area contributed by atoms with Crippen LogP contribution in [0.3, 0.4) is 0 Å². The summed E-state index contributed by atoms with van der Waals surface area (Å²) in [6, 6.07) is -0.114. The molecule has 4 heteroatoms. The van der Waals surface area contributed by atoms with E-state index in [-0.39, 0.29) is 12.0 Å². The van der Waals surface area contributed by atoms with Gasteiger partial charge in [-0.3, -0.25) is 0 Å². The average molecular weight is 223 g/mol. The van der Waals surface area contributed by atoms with E-state index in [0.717, 1.165) is 25.8 Å². The summed E-state index contributed by atoms with van der Waals surface area (Å²) >= 11 is 0. The predicted molar refractivity (Wildman–Crippen MR) is 64.2 cm³/mol. The van der Waals surface area contributed by atoms with Gasteiger partial charge >= 0.3 is 0 Å². The van der Waals surface area contributed by atoms with Crippen molar-refractivity contribution in [3.8, 4) is 0 Å². The van der Waals surface area contributed by atoms with Gasteiger partial charge < -0.3 is 16.3 Å². The van der Waals surface area contributed by atoms with E-state index in [1.54, 1.807) is 0 Å². The minimum atomic E-state index is -0.400. The van der Waals surface area contributed by atoms with Gasteiger partial charge in [0.25, 0.3) is 0 Å². The number of fused-ring (bicyclic) bond motifs is 1. The zero-order valence-corrected chi connectivity index (χ0v) is 9.52. The van der Waals surface area contributed by atoms with Crippen LogP contribution in [0.25, 0.3) is 0 Å². The summed E-state index contributed by atoms with van der Waals surface area (Å²) in [5, 5.41) is 10.1. The van der Waals surface area contributed by atoms with E-state index in [1.165, 1.54) is 5.57 Å². The molecule has 1 saturated carbocycles. The number of rotatable bonds is 6. The van der Waals surface area contributed by atoms with Gasteiger partial charge in [0, 0.05) is 30.6 Å². The lowest BCUT2D eigenvalue weighted by Gasteiger charge is -2.18. The van der Waals surface area contributed by atoms with Crippen LogP contribution in [0.5, 0.6) is 0 Å². The molecule has 0 amide bonds. The first kappa shape index (κ1) is 11.6. The molecule has 1 aliphatic carbocycles. The number of nitrogens with two attached hydrogens (primary N) is 1. The van der Waals surface area contributed by atoms with Gasteiger partial charge in [-0.25, -0.2) is 5.43 Å². The van der Waals surface area contributed by atoms with Crippen molar-refractivity contribution >= 4 is 0 Å². The van der Waals surface area contributed by atoms with E-state index in [2.05, 4.69) is 17.4 Å². The molecule has 4 atom stereocenters. The van der Waals surface area contributed by atoms with Crippen LogP contribution in [0.2, 0.25) is 0 Å². The quantitative estimate of drug-likeness (QED) is 0.385. The van der Waals surface area contributed by atoms with Crippen LogP contribution in [0.4, 0.5) is 0 Å². The van der Waals surface area contributed by atoms with Crippen molar-refractivity contribution < 1.29 is 5.11 Å². The van der Waals surface area contributed by atoms with Crippen LogP contribution in [0, 0.1) is 11.8 Å². The van der Waals surface area contributed by atoms with Crippen LogP contribution in [-0.4, -0.2) is 23.8 Å². The standard InChI is InChI=1S/C12H21N3O/c1-2-3-4-5-10(13)12(16)11-8-6-14-15-7-9(8)11/h2,6,9-12,14-16H,1,3-5,7,13H2/t9-,10?,11?,12?/m1/s1. The topological polar surface area (TPSA) is 70.3 Å². The number of hydrogen-bond donors (Lipinski definition) is 4. The first-order chi connectivity index (χ1) is 7.75. The smallest absolute Gasteiger partial charge is 0.0763 e. The molecular weight excluding hydrogens is 202 g/mol. The molecule has 16 heavy (non-hydrogen) atoms. The highest BCUT2D eigenvalue weighted by Crippen LogP contribution is 2.48. The molecule has 0 saturated heterocycles. The second-order valence-electron chi connectivity index (χ2n) is 4.68. The summed E-state index contributed by atoms with van der Waals surface area (Å²) in [5.74, 6) is 0.753. The Balaban J connectivity index is 1.79. The minimum absolute atomic E-state index is 0.114. The molecule has 2 rings (SSSR count). The van der Waals surface area contributed by atoms with E-state index >= 15 is 0 Å². The summed E-state index contributed by atoms with van der Waals surface area (Å²) in [5.41, 5.74) is 13.3. The Labute approximate surface area is 96.6 Å². The van der Waals surface area contributed by atoms with Gasteiger partial charge in [-0.1, -0.05) is 6.08 Å². The van der Waals surface area contributed by atoms with Crippen LogP contribution in [-0.2, 0) is 0 Å². The van der Waals surface area contributed by atoms with Gasteiger partial charge in [0.2, 0.25) is 0 Å². The fourth-order valence-corrected chi connectivity index (χ4v) is 2.48. The van der Waals surface area contributed by atoms with E-state index < -0.39 is 6.10 Å². The molecule has 0 aromatic carbocycles. The lowest BCUT2D eigenvalue weighted by Crippen LogP contribution is -2.37. The molecule has 2 aliphatic rings. The van der Waals surface area contributed by atoms with E-state index in [0.29, 0.717) is 5.92 Å². The van der Waals surface area contributed by atoms with Crippen molar-refractivity contribution in [1.82, 2.24) is 10.9 Å². The Bertz CT molecular complexity index is 290. The van der Waals surface area contributed by atoms with Gasteiger partial charge in [0.1, 0.15) is 0 Å². The zero-order valence-electron chi connectivity index (χ0n) is 9.52. The lowest BCUT2D eigenvalue weighted by molar-refractivity contribution is 0.115. The van der Waals surface area contributed by atoms with Crippen molar-refractivity contribution in [2.24, 2.45) is 17.6 Å². The molecule has 90 valence electrons. The summed E-state index contributed by atoms with van der Waals surface area (Å²) in [4.78, 5) is 0. The third kappa shape index (κ3) is 2.29. The van der Waals surface area contributed by atoms with E-state index in [9.17, 15) is 5.11 Å². The van der Waals surface area contributed by atoms with Gasteiger partial charge in [-0.05, 0) is 24.8 Å². The van der Waals surface area contributed by atoms with Crippen LogP contribution in [0.1, 0.15) is 19.3 Å². The number of hydrogen-bond acceptors (Lipinski definition) is 4. The van der Waals surface area contributed by atoms with Crippen molar-refractivity contribution in [1.29, 1.82) is 0 Å². The number of hydrazine groups is 1. The summed E-state index contributed by atoms with van der Waals surface area (Å²) in [6.45, 7) is 4.58. The van der Waals surface area contributed by atoms with Crippen molar-refractivity contribution in [3.05, 3.63) is 24.4 Å². The third-order valence-corrected chi connectivity index (χ3v) is 3.55. The molecule has 0 spiro atoms. The second-order valence-corrected chi connectivity index (χ2v) is 4.68. The van der Waals surface area contributed by atoms with Gasteiger partial charge in [0.15, 0.2) is 0 Å². The highest BCUT2D eigenvalue weighted by molar-refractivity contribution is 5.33. The lowest BCUT2D eigenvalue weighted by atomic mass is 10.00. The van der Waals surface area contributed by atoms with Crippen LogP contribution >= 0.6 is 0 Å². The zero-order chi connectivity index (χ0) is 11.5. The maximum Gasteiger partial charge on any atom is 0.0763 e. The molecule has 0 radical (unpaired) electrons. The molecule has 0 aromatic rings. The number of allylic oxidation sites excluding steroid dienone is 1. The highest BCUT2D eigenvalue weighted by Gasteiger charge is 2.50. The highest BCUT2D eigenvalue weighted by atomic mass is 16.3. The van der Waals surface area contributed by atoms with E-state index in [4.69, 9.17) is 5.73 Å². The van der Waals surface area contributed by atoms with Crippen LogP contribution in [0.15, 0.2) is 24.4 Å². The molecule has 1 heterocycles. The molecule has 1 aliphatic heterocycles. The molecule has 4 nitrogen and oxygen atoms in total. The summed E-state index contributed by atoms with van der Waals surface area (Å²) in [7, 11) is 0. The van der Waals surface area contributed by atoms with Gasteiger partial charge in [0.05, 0.1) is 6.10 Å².